The van der Waals surface area contributed by atoms with E-state index >= 15 is 0 Å². The molecule has 0 bridgehead atoms. The number of benzene rings is 1. The zero-order valence-electron chi connectivity index (χ0n) is 9.74. The minimum absolute atomic E-state index is 0.0359. The fourth-order valence-corrected chi connectivity index (χ4v) is 2.85. The molecule has 0 spiro atoms. The van der Waals surface area contributed by atoms with Crippen molar-refractivity contribution in [3.8, 4) is 6.07 Å². The van der Waals surface area contributed by atoms with Crippen molar-refractivity contribution in [2.75, 3.05) is 6.26 Å². The van der Waals surface area contributed by atoms with Gasteiger partial charge in [0, 0.05) is 16.8 Å². The van der Waals surface area contributed by atoms with Gasteiger partial charge in [-0.3, -0.25) is 4.79 Å². The van der Waals surface area contributed by atoms with Gasteiger partial charge in [-0.2, -0.15) is 5.26 Å². The minimum atomic E-state index is -0.140. The summed E-state index contributed by atoms with van der Waals surface area (Å²) in [6.07, 6.45) is 2.19. The average Bonchev–Trinajstić information content (AvgIpc) is 2.38. The van der Waals surface area contributed by atoms with E-state index in [0.29, 0.717) is 17.0 Å². The highest BCUT2D eigenvalue weighted by Gasteiger charge is 2.28. The predicted octanol–water partition coefficient (Wildman–Crippen LogP) is 3.15. The highest BCUT2D eigenvalue weighted by atomic mass is 79.9. The largest absolute Gasteiger partial charge is 0.320 e. The SMILES string of the molecule is CSC1=C(C#N)[C@@H](c2ccc(Br)cc2)CC(=O)N1. The highest BCUT2D eigenvalue weighted by molar-refractivity contribution is 9.10. The van der Waals surface area contributed by atoms with Crippen LogP contribution in [0.25, 0.3) is 0 Å². The third-order valence-electron chi connectivity index (χ3n) is 2.83. The van der Waals surface area contributed by atoms with Crippen molar-refractivity contribution in [3.63, 3.8) is 0 Å². The Kier molecular flexibility index (Phi) is 4.10. The lowest BCUT2D eigenvalue weighted by molar-refractivity contribution is -0.120. The van der Waals surface area contributed by atoms with Gasteiger partial charge in [-0.25, -0.2) is 0 Å². The van der Waals surface area contributed by atoms with E-state index in [9.17, 15) is 10.1 Å². The summed E-state index contributed by atoms with van der Waals surface area (Å²) in [7, 11) is 0. The fourth-order valence-electron chi connectivity index (χ4n) is 1.96. The van der Waals surface area contributed by atoms with Gasteiger partial charge in [-0.05, 0) is 24.0 Å². The maximum absolute atomic E-state index is 11.7. The van der Waals surface area contributed by atoms with E-state index in [-0.39, 0.29) is 11.8 Å². The second-order valence-corrected chi connectivity index (χ2v) is 5.65. The number of nitriles is 1. The standard InChI is InChI=1S/C13H11BrN2OS/c1-18-13-11(7-15)10(6-12(17)16-13)8-2-4-9(14)5-3-8/h2-5,10H,6H2,1H3,(H,16,17)/t10-/m1/s1. The van der Waals surface area contributed by atoms with Crippen LogP contribution in [-0.2, 0) is 4.79 Å². The number of hydrogen-bond acceptors (Lipinski definition) is 3. The Balaban J connectivity index is 2.45. The monoisotopic (exact) mass is 322 g/mol. The summed E-state index contributed by atoms with van der Waals surface area (Å²) < 4.78 is 0.985. The van der Waals surface area contributed by atoms with E-state index in [1.54, 1.807) is 0 Å². The van der Waals surface area contributed by atoms with Crippen LogP contribution in [0.1, 0.15) is 17.9 Å². The number of carbonyl (C=O) groups is 1. The number of nitrogens with one attached hydrogen (secondary N) is 1. The first-order chi connectivity index (χ1) is 8.65. The Morgan fingerprint density at radius 2 is 2.11 bits per heavy atom. The normalized spacial score (nSPS) is 19.4. The molecule has 1 atom stereocenters. The fraction of sp³-hybridized carbons (Fsp3) is 0.231. The predicted molar refractivity (Wildman–Crippen MR) is 75.8 cm³/mol. The lowest BCUT2D eigenvalue weighted by Gasteiger charge is -2.24. The van der Waals surface area contributed by atoms with Gasteiger partial charge in [0.1, 0.15) is 0 Å². The summed E-state index contributed by atoms with van der Waals surface area (Å²) in [5.41, 5.74) is 1.64. The van der Waals surface area contributed by atoms with Crippen LogP contribution in [0.2, 0.25) is 0 Å². The smallest absolute Gasteiger partial charge is 0.225 e. The number of halogens is 1. The molecular formula is C13H11BrN2OS. The lowest BCUT2D eigenvalue weighted by atomic mass is 9.87. The number of allylic oxidation sites excluding steroid dienone is 1. The van der Waals surface area contributed by atoms with Crippen LogP contribution in [0.3, 0.4) is 0 Å². The molecule has 0 aliphatic carbocycles. The van der Waals surface area contributed by atoms with Gasteiger partial charge in [-0.1, -0.05) is 28.1 Å². The molecule has 1 aromatic rings. The molecule has 3 nitrogen and oxygen atoms in total. The molecule has 18 heavy (non-hydrogen) atoms. The van der Waals surface area contributed by atoms with Gasteiger partial charge in [0.2, 0.25) is 5.91 Å². The molecule has 1 N–H and O–H groups in total. The van der Waals surface area contributed by atoms with Crippen molar-refractivity contribution >= 4 is 33.6 Å². The number of rotatable bonds is 2. The molecule has 0 aromatic heterocycles. The molecule has 2 rings (SSSR count). The van der Waals surface area contributed by atoms with Gasteiger partial charge < -0.3 is 5.32 Å². The van der Waals surface area contributed by atoms with Crippen LogP contribution in [-0.4, -0.2) is 12.2 Å². The molecule has 1 aliphatic heterocycles. The van der Waals surface area contributed by atoms with E-state index < -0.39 is 0 Å². The van der Waals surface area contributed by atoms with Crippen LogP contribution in [0, 0.1) is 11.3 Å². The second-order valence-electron chi connectivity index (χ2n) is 3.92. The average molecular weight is 323 g/mol. The molecule has 1 aliphatic rings. The quantitative estimate of drug-likeness (QED) is 0.910. The van der Waals surface area contributed by atoms with Crippen LogP contribution in [0.15, 0.2) is 39.3 Å². The van der Waals surface area contributed by atoms with E-state index in [1.165, 1.54) is 11.8 Å². The van der Waals surface area contributed by atoms with Crippen LogP contribution < -0.4 is 5.32 Å². The minimum Gasteiger partial charge on any atom is -0.320 e. The number of hydrogen-bond donors (Lipinski definition) is 1. The Morgan fingerprint density at radius 1 is 1.44 bits per heavy atom. The van der Waals surface area contributed by atoms with Crippen LogP contribution in [0.4, 0.5) is 0 Å². The number of carbonyl (C=O) groups excluding carboxylic acids is 1. The van der Waals surface area contributed by atoms with E-state index in [4.69, 9.17) is 0 Å². The Morgan fingerprint density at radius 3 is 2.67 bits per heavy atom. The molecule has 92 valence electrons. The maximum Gasteiger partial charge on any atom is 0.225 e. The van der Waals surface area contributed by atoms with Gasteiger partial charge in [0.25, 0.3) is 0 Å². The molecule has 1 amide bonds. The highest BCUT2D eigenvalue weighted by Crippen LogP contribution is 2.35. The number of amides is 1. The van der Waals surface area contributed by atoms with Gasteiger partial charge in [0.15, 0.2) is 0 Å². The molecular weight excluding hydrogens is 312 g/mol. The third-order valence-corrected chi connectivity index (χ3v) is 4.09. The molecule has 1 aromatic carbocycles. The molecule has 0 saturated heterocycles. The van der Waals surface area contributed by atoms with Crippen molar-refractivity contribution in [2.24, 2.45) is 0 Å². The Bertz CT molecular complexity index is 545. The summed E-state index contributed by atoms with van der Waals surface area (Å²) in [4.78, 5) is 11.7. The van der Waals surface area contributed by atoms with Crippen molar-refractivity contribution < 1.29 is 4.79 Å². The summed E-state index contributed by atoms with van der Waals surface area (Å²) in [5, 5.41) is 12.7. The molecule has 0 radical (unpaired) electrons. The molecule has 0 unspecified atom stereocenters. The number of nitrogens with zero attached hydrogens (tertiary/aromatic N) is 1. The van der Waals surface area contributed by atoms with Crippen molar-refractivity contribution in [2.45, 2.75) is 12.3 Å². The first-order valence-electron chi connectivity index (χ1n) is 5.39. The summed E-state index contributed by atoms with van der Waals surface area (Å²) in [6.45, 7) is 0. The van der Waals surface area contributed by atoms with Gasteiger partial charge >= 0.3 is 0 Å². The van der Waals surface area contributed by atoms with E-state index in [1.807, 2.05) is 30.5 Å². The third kappa shape index (κ3) is 2.60. The van der Waals surface area contributed by atoms with Gasteiger partial charge in [-0.15, -0.1) is 11.8 Å². The van der Waals surface area contributed by atoms with Crippen molar-refractivity contribution in [3.05, 3.63) is 44.9 Å². The molecule has 5 heteroatoms. The van der Waals surface area contributed by atoms with Crippen molar-refractivity contribution in [1.29, 1.82) is 5.26 Å². The van der Waals surface area contributed by atoms with E-state index in [2.05, 4.69) is 27.3 Å². The maximum atomic E-state index is 11.7. The lowest BCUT2D eigenvalue weighted by Crippen LogP contribution is -2.30. The number of thioether (sulfide) groups is 1. The zero-order chi connectivity index (χ0) is 13.1. The summed E-state index contributed by atoms with van der Waals surface area (Å²) in [6, 6.07) is 9.97. The van der Waals surface area contributed by atoms with E-state index in [0.717, 1.165) is 10.0 Å². The zero-order valence-corrected chi connectivity index (χ0v) is 12.1. The Labute approximate surface area is 118 Å². The first kappa shape index (κ1) is 13.2. The first-order valence-corrected chi connectivity index (χ1v) is 7.41. The van der Waals surface area contributed by atoms with Crippen LogP contribution >= 0.6 is 27.7 Å². The molecule has 0 saturated carbocycles. The Hall–Kier alpha value is -1.25. The molecule has 1 heterocycles. The van der Waals surface area contributed by atoms with Gasteiger partial charge in [0.05, 0.1) is 16.7 Å². The van der Waals surface area contributed by atoms with Crippen molar-refractivity contribution in [1.82, 2.24) is 5.32 Å². The molecule has 0 fully saturated rings. The topological polar surface area (TPSA) is 52.9 Å². The summed E-state index contributed by atoms with van der Waals surface area (Å²) in [5.74, 6) is -0.175. The summed E-state index contributed by atoms with van der Waals surface area (Å²) >= 11 is 4.78. The van der Waals surface area contributed by atoms with Crippen LogP contribution in [0.5, 0.6) is 0 Å². The second kappa shape index (κ2) is 5.59.